The summed E-state index contributed by atoms with van der Waals surface area (Å²) in [5.41, 5.74) is 4.92. The molecule has 1 saturated heterocycles. The second-order valence-electron chi connectivity index (χ2n) is 5.75. The molecule has 1 aliphatic rings. The topological polar surface area (TPSA) is 117 Å². The largest absolute Gasteiger partial charge is 0.327 e. The maximum Gasteiger partial charge on any atom is 0.327 e. The van der Waals surface area contributed by atoms with E-state index in [0.717, 1.165) is 4.90 Å². The summed E-state index contributed by atoms with van der Waals surface area (Å²) in [6.45, 7) is -0.616. The Morgan fingerprint density at radius 3 is 2.52 bits per heavy atom. The Morgan fingerprint density at radius 1 is 1.19 bits per heavy atom. The molecular formula is C16H15FN6O4. The number of urea groups is 1. The molecule has 1 aliphatic heterocycles. The minimum Gasteiger partial charge on any atom is -0.318 e. The first-order chi connectivity index (χ1) is 12.9. The van der Waals surface area contributed by atoms with Crippen molar-refractivity contribution in [3.05, 3.63) is 48.3 Å². The molecule has 0 unspecified atom stereocenters. The summed E-state index contributed by atoms with van der Waals surface area (Å²) in [5.74, 6) is -2.35. The van der Waals surface area contributed by atoms with Crippen LogP contribution in [0.1, 0.15) is 10.5 Å². The van der Waals surface area contributed by atoms with Crippen molar-refractivity contribution in [2.24, 2.45) is 0 Å². The molecule has 0 spiro atoms. The number of amides is 5. The molecule has 27 heavy (non-hydrogen) atoms. The predicted molar refractivity (Wildman–Crippen MR) is 88.9 cm³/mol. The molecule has 0 radical (unpaired) electrons. The van der Waals surface area contributed by atoms with Gasteiger partial charge in [0, 0.05) is 12.7 Å². The van der Waals surface area contributed by atoms with Crippen LogP contribution in [0.2, 0.25) is 0 Å². The number of benzene rings is 1. The molecule has 0 bridgehead atoms. The highest BCUT2D eigenvalue weighted by atomic mass is 19.1. The van der Waals surface area contributed by atoms with E-state index in [9.17, 15) is 23.6 Å². The van der Waals surface area contributed by atoms with Crippen LogP contribution in [-0.4, -0.2) is 63.2 Å². The first-order valence-electron chi connectivity index (χ1n) is 7.79. The number of imidazole rings is 1. The number of halogens is 1. The van der Waals surface area contributed by atoms with Gasteiger partial charge in [0.2, 0.25) is 0 Å². The Hall–Kier alpha value is -3.76. The molecule has 3 rings (SSSR count). The lowest BCUT2D eigenvalue weighted by atomic mass is 10.3. The third-order valence-corrected chi connectivity index (χ3v) is 3.82. The average Bonchev–Trinajstić information content (AvgIpc) is 3.21. The molecule has 140 valence electrons. The summed E-state index contributed by atoms with van der Waals surface area (Å²) < 4.78 is 14.4. The first-order valence-corrected chi connectivity index (χ1v) is 7.79. The zero-order chi connectivity index (χ0) is 19.6. The van der Waals surface area contributed by atoms with Gasteiger partial charge in [-0.25, -0.2) is 14.2 Å². The molecule has 2 heterocycles. The molecule has 2 N–H and O–H groups in total. The Morgan fingerprint density at radius 2 is 1.89 bits per heavy atom. The van der Waals surface area contributed by atoms with Crippen LogP contribution in [0.5, 0.6) is 0 Å². The molecule has 0 aliphatic carbocycles. The molecule has 1 aromatic carbocycles. The highest BCUT2D eigenvalue weighted by molar-refractivity contribution is 6.04. The highest BCUT2D eigenvalue weighted by Crippen LogP contribution is 2.12. The van der Waals surface area contributed by atoms with Crippen LogP contribution in [-0.2, 0) is 9.59 Å². The lowest BCUT2D eigenvalue weighted by Crippen LogP contribution is -2.48. The van der Waals surface area contributed by atoms with Crippen LogP contribution in [0, 0.1) is 5.82 Å². The van der Waals surface area contributed by atoms with Crippen molar-refractivity contribution in [2.45, 2.75) is 0 Å². The monoisotopic (exact) mass is 374 g/mol. The fourth-order valence-corrected chi connectivity index (χ4v) is 2.47. The second-order valence-corrected chi connectivity index (χ2v) is 5.75. The van der Waals surface area contributed by atoms with Gasteiger partial charge in [-0.1, -0.05) is 0 Å². The SMILES string of the molecule is CN1CC(=O)N(CC(=O)NNC(=O)c2cncn2-c2ccc(F)cc2)C1=O. The van der Waals surface area contributed by atoms with Gasteiger partial charge in [0.1, 0.15) is 24.6 Å². The third-order valence-electron chi connectivity index (χ3n) is 3.82. The van der Waals surface area contributed by atoms with Crippen molar-refractivity contribution in [1.82, 2.24) is 30.2 Å². The number of carbonyl (C=O) groups excluding carboxylic acids is 4. The molecule has 0 saturated carbocycles. The Kier molecular flexibility index (Phi) is 4.83. The molecular weight excluding hydrogens is 359 g/mol. The Balaban J connectivity index is 1.61. The number of imide groups is 1. The van der Waals surface area contributed by atoms with Crippen molar-refractivity contribution in [3.63, 3.8) is 0 Å². The number of nitrogens with one attached hydrogen (secondary N) is 2. The fraction of sp³-hybridized carbons (Fsp3) is 0.188. The molecule has 10 nitrogen and oxygen atoms in total. The number of hydrazine groups is 1. The lowest BCUT2D eigenvalue weighted by molar-refractivity contribution is -0.131. The van der Waals surface area contributed by atoms with Gasteiger partial charge < -0.3 is 4.90 Å². The van der Waals surface area contributed by atoms with Crippen molar-refractivity contribution >= 4 is 23.8 Å². The molecule has 5 amide bonds. The zero-order valence-corrected chi connectivity index (χ0v) is 14.2. The molecule has 0 atom stereocenters. The summed E-state index contributed by atoms with van der Waals surface area (Å²) in [4.78, 5) is 53.4. The van der Waals surface area contributed by atoms with Gasteiger partial charge in [0.05, 0.1) is 12.5 Å². The molecule has 1 aromatic heterocycles. The third kappa shape index (κ3) is 3.76. The normalized spacial score (nSPS) is 13.9. The van der Waals surface area contributed by atoms with E-state index >= 15 is 0 Å². The number of aromatic nitrogens is 2. The minimum absolute atomic E-state index is 0.0926. The van der Waals surface area contributed by atoms with Crippen LogP contribution < -0.4 is 10.9 Å². The van der Waals surface area contributed by atoms with Crippen molar-refractivity contribution in [1.29, 1.82) is 0 Å². The van der Waals surface area contributed by atoms with E-state index in [2.05, 4.69) is 15.8 Å². The second kappa shape index (κ2) is 7.23. The van der Waals surface area contributed by atoms with E-state index in [1.54, 1.807) is 0 Å². The highest BCUT2D eigenvalue weighted by Gasteiger charge is 2.34. The Bertz CT molecular complexity index is 910. The molecule has 11 heteroatoms. The van der Waals surface area contributed by atoms with Crippen LogP contribution in [0.25, 0.3) is 5.69 Å². The van der Waals surface area contributed by atoms with E-state index in [0.29, 0.717) is 5.69 Å². The quantitative estimate of drug-likeness (QED) is 0.561. The number of hydrogen-bond donors (Lipinski definition) is 2. The van der Waals surface area contributed by atoms with Crippen LogP contribution in [0.15, 0.2) is 36.8 Å². The van der Waals surface area contributed by atoms with Gasteiger partial charge in [0.25, 0.3) is 17.7 Å². The summed E-state index contributed by atoms with van der Waals surface area (Å²) in [5, 5.41) is 0. The minimum atomic E-state index is -0.742. The van der Waals surface area contributed by atoms with Crippen molar-refractivity contribution < 1.29 is 23.6 Å². The van der Waals surface area contributed by atoms with Gasteiger partial charge in [-0.05, 0) is 24.3 Å². The maximum atomic E-state index is 13.0. The van der Waals surface area contributed by atoms with Crippen LogP contribution in [0.3, 0.4) is 0 Å². The van der Waals surface area contributed by atoms with Gasteiger partial charge in [-0.2, -0.15) is 0 Å². The summed E-state index contributed by atoms with van der Waals surface area (Å²) in [6, 6.07) is 4.82. The maximum absolute atomic E-state index is 13.0. The number of nitrogens with zero attached hydrogens (tertiary/aromatic N) is 4. The van der Waals surface area contributed by atoms with Gasteiger partial charge >= 0.3 is 6.03 Å². The van der Waals surface area contributed by atoms with E-state index < -0.39 is 36.1 Å². The summed E-state index contributed by atoms with van der Waals surface area (Å²) in [6.07, 6.45) is 2.63. The fourth-order valence-electron chi connectivity index (χ4n) is 2.47. The van der Waals surface area contributed by atoms with E-state index in [1.165, 1.54) is 53.3 Å². The summed E-state index contributed by atoms with van der Waals surface area (Å²) in [7, 11) is 1.44. The van der Waals surface area contributed by atoms with Gasteiger partial charge in [0.15, 0.2) is 0 Å². The van der Waals surface area contributed by atoms with Crippen LogP contribution >= 0.6 is 0 Å². The smallest absolute Gasteiger partial charge is 0.318 e. The number of hydrogen-bond acceptors (Lipinski definition) is 5. The van der Waals surface area contributed by atoms with Crippen LogP contribution in [0.4, 0.5) is 9.18 Å². The number of likely N-dealkylation sites (N-methyl/N-ethyl adjacent to an activating group) is 1. The lowest BCUT2D eigenvalue weighted by Gasteiger charge is -2.14. The van der Waals surface area contributed by atoms with Crippen molar-refractivity contribution in [3.8, 4) is 5.69 Å². The van der Waals surface area contributed by atoms with Gasteiger partial charge in [-0.3, -0.25) is 34.7 Å². The van der Waals surface area contributed by atoms with E-state index in [-0.39, 0.29) is 12.2 Å². The number of carbonyl (C=O) groups is 4. The average molecular weight is 374 g/mol. The number of rotatable bonds is 4. The zero-order valence-electron chi connectivity index (χ0n) is 14.2. The summed E-state index contributed by atoms with van der Waals surface area (Å²) >= 11 is 0. The van der Waals surface area contributed by atoms with E-state index in [1.807, 2.05) is 0 Å². The first kappa shape index (κ1) is 18.0. The predicted octanol–water partition coefficient (Wildman–Crippen LogP) is -0.334. The Labute approximate surface area is 152 Å². The standard InChI is InChI=1S/C16H15FN6O4/c1-21-8-14(25)22(16(21)27)7-13(24)19-20-15(26)12-6-18-9-23(12)11-4-2-10(17)3-5-11/h2-6,9H,7-8H2,1H3,(H,19,24)(H,20,26). The van der Waals surface area contributed by atoms with Gasteiger partial charge in [-0.15, -0.1) is 0 Å². The van der Waals surface area contributed by atoms with E-state index in [4.69, 9.17) is 0 Å². The molecule has 1 fully saturated rings. The van der Waals surface area contributed by atoms with Crippen molar-refractivity contribution in [2.75, 3.05) is 20.1 Å². The molecule has 2 aromatic rings.